The first-order chi connectivity index (χ1) is 9.90. The molecule has 0 aliphatic carbocycles. The summed E-state index contributed by atoms with van der Waals surface area (Å²) in [5.41, 5.74) is 1.24. The summed E-state index contributed by atoms with van der Waals surface area (Å²) < 4.78 is 44.5. The van der Waals surface area contributed by atoms with E-state index in [2.05, 4.69) is 15.2 Å². The lowest BCUT2D eigenvalue weighted by atomic mass is 10.1. The molecule has 110 valence electrons. The third kappa shape index (κ3) is 2.22. The Labute approximate surface area is 117 Å². The van der Waals surface area contributed by atoms with Gasteiger partial charge in [-0.2, -0.15) is 23.3 Å². The average molecular weight is 296 g/mol. The summed E-state index contributed by atoms with van der Waals surface area (Å²) in [7, 11) is 1.28. The number of rotatable bonds is 2. The molecule has 0 atom stereocenters. The molecule has 0 aliphatic heterocycles. The normalized spacial score (nSPS) is 12.0. The Morgan fingerprint density at radius 1 is 1.29 bits per heavy atom. The molecule has 1 aromatic carbocycles. The molecule has 0 bridgehead atoms. The summed E-state index contributed by atoms with van der Waals surface area (Å²) in [6.07, 6.45) is -1.99. The van der Waals surface area contributed by atoms with Gasteiger partial charge >= 0.3 is 12.2 Å². The number of imidazole rings is 1. The molecular weight excluding hydrogens is 285 g/mol. The Kier molecular flexibility index (Phi) is 2.89. The second-order valence-corrected chi connectivity index (χ2v) is 4.58. The molecule has 8 heteroatoms. The van der Waals surface area contributed by atoms with Crippen molar-refractivity contribution in [3.8, 4) is 11.7 Å². The number of benzene rings is 1. The highest BCUT2D eigenvalue weighted by atomic mass is 19.4. The van der Waals surface area contributed by atoms with E-state index in [1.807, 2.05) is 6.92 Å². The van der Waals surface area contributed by atoms with E-state index >= 15 is 0 Å². The Bertz CT molecular complexity index is 803. The zero-order valence-corrected chi connectivity index (χ0v) is 11.2. The quantitative estimate of drug-likeness (QED) is 0.790. The van der Waals surface area contributed by atoms with Gasteiger partial charge in [-0.15, -0.1) is 0 Å². The van der Waals surface area contributed by atoms with Gasteiger partial charge in [0, 0.05) is 11.6 Å². The van der Waals surface area contributed by atoms with Crippen molar-refractivity contribution in [1.82, 2.24) is 19.7 Å². The Morgan fingerprint density at radius 2 is 2.05 bits per heavy atom. The minimum absolute atomic E-state index is 0.121. The Balaban J connectivity index is 2.19. The van der Waals surface area contributed by atoms with Crippen molar-refractivity contribution in [2.45, 2.75) is 13.1 Å². The summed E-state index contributed by atoms with van der Waals surface area (Å²) in [6.45, 7) is 1.85. The van der Waals surface area contributed by atoms with Crippen LogP contribution in [0.15, 0.2) is 24.5 Å². The van der Waals surface area contributed by atoms with Crippen LogP contribution >= 0.6 is 0 Å². The lowest BCUT2D eigenvalue weighted by Gasteiger charge is -2.07. The van der Waals surface area contributed by atoms with Crippen LogP contribution in [0.4, 0.5) is 13.2 Å². The molecule has 0 radical (unpaired) electrons. The second-order valence-electron chi connectivity index (χ2n) is 4.58. The molecule has 21 heavy (non-hydrogen) atoms. The van der Waals surface area contributed by atoms with Crippen molar-refractivity contribution >= 4 is 10.9 Å². The van der Waals surface area contributed by atoms with Crippen LogP contribution in [0.25, 0.3) is 16.6 Å². The van der Waals surface area contributed by atoms with Crippen LogP contribution in [-0.4, -0.2) is 26.9 Å². The van der Waals surface area contributed by atoms with Gasteiger partial charge in [0.1, 0.15) is 0 Å². The fourth-order valence-corrected chi connectivity index (χ4v) is 2.18. The maximum absolute atomic E-state index is 12.8. The van der Waals surface area contributed by atoms with Crippen LogP contribution in [0, 0.1) is 6.92 Å². The molecule has 3 aromatic rings. The predicted molar refractivity (Wildman–Crippen MR) is 69.5 cm³/mol. The topological polar surface area (TPSA) is 55.7 Å². The molecule has 0 aliphatic rings. The lowest BCUT2D eigenvalue weighted by molar-refractivity contribution is -0.141. The number of ether oxygens (including phenoxy) is 1. The van der Waals surface area contributed by atoms with Crippen molar-refractivity contribution in [3.05, 3.63) is 35.8 Å². The maximum Gasteiger partial charge on any atom is 0.435 e. The van der Waals surface area contributed by atoms with E-state index in [1.54, 1.807) is 18.3 Å². The van der Waals surface area contributed by atoms with Crippen molar-refractivity contribution in [1.29, 1.82) is 0 Å². The van der Waals surface area contributed by atoms with Crippen molar-refractivity contribution < 1.29 is 17.9 Å². The largest absolute Gasteiger partial charge is 0.468 e. The summed E-state index contributed by atoms with van der Waals surface area (Å²) >= 11 is 0. The minimum Gasteiger partial charge on any atom is -0.468 e. The van der Waals surface area contributed by atoms with Crippen LogP contribution in [0.2, 0.25) is 0 Å². The van der Waals surface area contributed by atoms with Crippen molar-refractivity contribution in [2.24, 2.45) is 0 Å². The highest BCUT2D eigenvalue weighted by molar-refractivity contribution is 5.83. The highest BCUT2D eigenvalue weighted by Crippen LogP contribution is 2.32. The fraction of sp³-hybridized carbons (Fsp3) is 0.231. The number of fused-ring (bicyclic) bond motifs is 1. The number of nitrogens with one attached hydrogen (secondary N) is 1. The van der Waals surface area contributed by atoms with Gasteiger partial charge in [-0.1, -0.05) is 0 Å². The number of halogens is 3. The van der Waals surface area contributed by atoms with E-state index in [0.29, 0.717) is 5.69 Å². The molecule has 2 aromatic heterocycles. The van der Waals surface area contributed by atoms with E-state index in [-0.39, 0.29) is 6.01 Å². The molecule has 0 saturated carbocycles. The number of nitrogens with zero attached hydrogens (tertiary/aromatic N) is 3. The predicted octanol–water partition coefficient (Wildman–Crippen LogP) is 3.08. The molecule has 2 heterocycles. The van der Waals surface area contributed by atoms with Gasteiger partial charge in [-0.3, -0.25) is 9.67 Å². The number of hydrogen-bond donors (Lipinski definition) is 1. The Morgan fingerprint density at radius 3 is 2.71 bits per heavy atom. The van der Waals surface area contributed by atoms with Crippen LogP contribution in [0.1, 0.15) is 11.3 Å². The first-order valence-electron chi connectivity index (χ1n) is 6.05. The summed E-state index contributed by atoms with van der Waals surface area (Å²) in [5, 5.41) is 7.56. The number of alkyl halides is 3. The first-order valence-corrected chi connectivity index (χ1v) is 6.05. The summed E-state index contributed by atoms with van der Waals surface area (Å²) in [5.74, 6) is 0. The molecule has 0 amide bonds. The van der Waals surface area contributed by atoms with E-state index in [9.17, 15) is 13.2 Å². The summed E-state index contributed by atoms with van der Waals surface area (Å²) in [6, 6.07) is 3.34. The molecule has 0 saturated heterocycles. The Hall–Kier alpha value is -2.51. The fourth-order valence-electron chi connectivity index (χ4n) is 2.18. The van der Waals surface area contributed by atoms with Gasteiger partial charge < -0.3 is 4.74 Å². The smallest absolute Gasteiger partial charge is 0.435 e. The molecule has 0 spiro atoms. The third-order valence-electron chi connectivity index (χ3n) is 3.16. The zero-order chi connectivity index (χ0) is 15.2. The number of aromatic amines is 1. The number of aryl methyl sites for hydroxylation is 1. The third-order valence-corrected chi connectivity index (χ3v) is 3.16. The van der Waals surface area contributed by atoms with Crippen LogP contribution < -0.4 is 4.74 Å². The highest BCUT2D eigenvalue weighted by Gasteiger charge is 2.35. The van der Waals surface area contributed by atoms with E-state index in [0.717, 1.165) is 22.7 Å². The standard InChI is InChI=1S/C13H11F3N4O/c1-7-3-9(4-8-5-17-19-11(7)8)20-6-10(13(14,15)16)18-12(20)21-2/h3-6H,1-2H3,(H,17,19). The number of hydrogen-bond acceptors (Lipinski definition) is 3. The number of H-pyrrole nitrogens is 1. The van der Waals surface area contributed by atoms with Gasteiger partial charge in [0.15, 0.2) is 5.69 Å². The SMILES string of the molecule is COc1nc(C(F)(F)F)cn1-c1cc(C)c2[nH]ncc2c1. The van der Waals surface area contributed by atoms with E-state index < -0.39 is 11.9 Å². The molecule has 5 nitrogen and oxygen atoms in total. The van der Waals surface area contributed by atoms with Gasteiger partial charge in [0.2, 0.25) is 0 Å². The maximum atomic E-state index is 12.8. The monoisotopic (exact) mass is 296 g/mol. The van der Waals surface area contributed by atoms with Gasteiger partial charge in [-0.05, 0) is 24.6 Å². The molecular formula is C13H11F3N4O. The number of aromatic nitrogens is 4. The van der Waals surface area contributed by atoms with Gasteiger partial charge in [0.05, 0.1) is 24.5 Å². The van der Waals surface area contributed by atoms with E-state index in [4.69, 9.17) is 4.74 Å². The van der Waals surface area contributed by atoms with Crippen LogP contribution in [0.5, 0.6) is 6.01 Å². The van der Waals surface area contributed by atoms with Crippen molar-refractivity contribution in [2.75, 3.05) is 7.11 Å². The van der Waals surface area contributed by atoms with Gasteiger partial charge in [0.25, 0.3) is 0 Å². The first kappa shape index (κ1) is 13.5. The second kappa shape index (κ2) is 4.51. The molecule has 1 N–H and O–H groups in total. The van der Waals surface area contributed by atoms with Crippen molar-refractivity contribution in [3.63, 3.8) is 0 Å². The minimum atomic E-state index is -4.52. The lowest BCUT2D eigenvalue weighted by Crippen LogP contribution is -2.05. The number of methoxy groups -OCH3 is 1. The molecule has 3 rings (SSSR count). The summed E-state index contributed by atoms with van der Waals surface area (Å²) in [4.78, 5) is 3.47. The zero-order valence-electron chi connectivity index (χ0n) is 11.2. The average Bonchev–Trinajstić information content (AvgIpc) is 3.03. The van der Waals surface area contributed by atoms with E-state index in [1.165, 1.54) is 11.7 Å². The van der Waals surface area contributed by atoms with Crippen LogP contribution in [-0.2, 0) is 6.18 Å². The van der Waals surface area contributed by atoms with Crippen LogP contribution in [0.3, 0.4) is 0 Å². The molecule has 0 unspecified atom stereocenters. The van der Waals surface area contributed by atoms with Gasteiger partial charge in [-0.25, -0.2) is 0 Å². The molecule has 0 fully saturated rings.